The van der Waals surface area contributed by atoms with E-state index in [1.807, 2.05) is 12.1 Å². The van der Waals surface area contributed by atoms with Gasteiger partial charge in [-0.2, -0.15) is 0 Å². The number of aromatic hydroxyl groups is 2. The van der Waals surface area contributed by atoms with E-state index < -0.39 is 12.1 Å². The van der Waals surface area contributed by atoms with Gasteiger partial charge in [0.2, 0.25) is 0 Å². The minimum Gasteiger partial charge on any atom is -0.504 e. The van der Waals surface area contributed by atoms with E-state index in [-0.39, 0.29) is 35.7 Å². The maximum atomic E-state index is 14.0. The van der Waals surface area contributed by atoms with Crippen LogP contribution in [0.15, 0.2) is 30.3 Å². The lowest BCUT2D eigenvalue weighted by molar-refractivity contribution is -0.147. The summed E-state index contributed by atoms with van der Waals surface area (Å²) in [6.45, 7) is 4.50. The highest BCUT2D eigenvalue weighted by molar-refractivity contribution is 5.83. The number of aryl methyl sites for hydroxylation is 1. The Morgan fingerprint density at radius 1 is 1.02 bits per heavy atom. The molecule has 5 rings (SSSR count). The van der Waals surface area contributed by atoms with Crippen molar-refractivity contribution in [2.75, 3.05) is 20.8 Å². The van der Waals surface area contributed by atoms with Gasteiger partial charge in [0, 0.05) is 31.4 Å². The highest BCUT2D eigenvalue weighted by Gasteiger charge is 2.41. The Hall–Kier alpha value is -3.52. The van der Waals surface area contributed by atoms with E-state index in [9.17, 15) is 19.8 Å². The summed E-state index contributed by atoms with van der Waals surface area (Å²) in [5, 5.41) is 25.2. The molecule has 8 heteroatoms. The van der Waals surface area contributed by atoms with Crippen LogP contribution in [0.5, 0.6) is 23.0 Å². The molecule has 250 valence electrons. The summed E-state index contributed by atoms with van der Waals surface area (Å²) in [6, 6.07) is 7.38. The van der Waals surface area contributed by atoms with Crippen molar-refractivity contribution in [2.45, 2.75) is 109 Å². The summed E-state index contributed by atoms with van der Waals surface area (Å²) in [5.41, 5.74) is 5.39. The Kier molecular flexibility index (Phi) is 11.3. The first kappa shape index (κ1) is 33.8. The van der Waals surface area contributed by atoms with E-state index in [1.165, 1.54) is 26.0 Å². The Labute approximate surface area is 273 Å². The normalized spacial score (nSPS) is 22.7. The summed E-state index contributed by atoms with van der Waals surface area (Å²) in [6.07, 6.45) is 11.7. The quantitative estimate of drug-likeness (QED) is 0.202. The monoisotopic (exact) mass is 633 g/mol. The molecule has 3 aliphatic rings. The van der Waals surface area contributed by atoms with E-state index in [0.29, 0.717) is 42.6 Å². The number of ketones is 1. The molecule has 0 spiro atoms. The number of hydrogen-bond acceptors (Lipinski definition) is 8. The van der Waals surface area contributed by atoms with Crippen molar-refractivity contribution >= 4 is 17.3 Å². The average molecular weight is 634 g/mol. The van der Waals surface area contributed by atoms with Crippen molar-refractivity contribution in [1.29, 1.82) is 0 Å². The molecule has 3 aliphatic carbocycles. The van der Waals surface area contributed by atoms with Crippen LogP contribution in [-0.2, 0) is 27.2 Å². The summed E-state index contributed by atoms with van der Waals surface area (Å²) in [5.74, 6) is 1.44. The van der Waals surface area contributed by atoms with Crippen LogP contribution >= 0.6 is 0 Å². The van der Waals surface area contributed by atoms with Crippen LogP contribution in [0.1, 0.15) is 106 Å². The number of benzene rings is 2. The van der Waals surface area contributed by atoms with Gasteiger partial charge in [-0.1, -0.05) is 31.9 Å². The van der Waals surface area contributed by atoms with E-state index >= 15 is 0 Å². The van der Waals surface area contributed by atoms with Crippen molar-refractivity contribution < 1.29 is 34.0 Å². The molecule has 8 nitrogen and oxygen atoms in total. The highest BCUT2D eigenvalue weighted by atomic mass is 16.5. The van der Waals surface area contributed by atoms with Gasteiger partial charge >= 0.3 is 5.97 Å². The lowest BCUT2D eigenvalue weighted by Crippen LogP contribution is -2.31. The summed E-state index contributed by atoms with van der Waals surface area (Å²) >= 11 is 0. The average Bonchev–Trinajstić information content (AvgIpc) is 3.29. The number of phenols is 2. The van der Waals surface area contributed by atoms with Gasteiger partial charge in [-0.3, -0.25) is 9.59 Å². The van der Waals surface area contributed by atoms with E-state index in [1.54, 1.807) is 19.2 Å². The topological polar surface area (TPSA) is 114 Å². The smallest absolute Gasteiger partial charge is 0.302 e. The van der Waals surface area contributed by atoms with Crippen molar-refractivity contribution in [3.05, 3.63) is 52.6 Å². The van der Waals surface area contributed by atoms with Gasteiger partial charge in [-0.15, -0.1) is 0 Å². The number of fused-ring (bicyclic) bond motifs is 1. The number of esters is 1. The molecule has 3 N–H and O–H groups in total. The van der Waals surface area contributed by atoms with Crippen LogP contribution in [0.2, 0.25) is 0 Å². The molecule has 46 heavy (non-hydrogen) atoms. The van der Waals surface area contributed by atoms with Gasteiger partial charge in [-0.05, 0) is 116 Å². The Balaban J connectivity index is 1.46. The van der Waals surface area contributed by atoms with Crippen molar-refractivity contribution in [1.82, 2.24) is 5.32 Å². The summed E-state index contributed by atoms with van der Waals surface area (Å²) in [4.78, 5) is 26.1. The Bertz CT molecular complexity index is 1430. The number of ether oxygens (including phenoxy) is 3. The van der Waals surface area contributed by atoms with Gasteiger partial charge in [0.05, 0.1) is 14.2 Å². The first-order valence-electron chi connectivity index (χ1n) is 17.2. The number of Topliss-reactive ketones (excluding diaryl/α,β-unsaturated/α-hetero) is 1. The zero-order valence-electron chi connectivity index (χ0n) is 27.9. The highest BCUT2D eigenvalue weighted by Crippen LogP contribution is 2.53. The van der Waals surface area contributed by atoms with E-state index in [0.717, 1.165) is 73.7 Å². The maximum absolute atomic E-state index is 14.0. The summed E-state index contributed by atoms with van der Waals surface area (Å²) in [7, 11) is 3.10. The lowest BCUT2D eigenvalue weighted by Gasteiger charge is -2.35. The first-order chi connectivity index (χ1) is 22.2. The molecule has 0 bridgehead atoms. The maximum Gasteiger partial charge on any atom is 0.302 e. The molecule has 0 unspecified atom stereocenters. The SMILES string of the molecule is CCCN[C@H]1CCCc2c(O)c(OC)cc3c2C1=C[C@@H]1CCCC[C@H]1[C@H]3CC(=O)C[C@@H](CCc1ccc(O)c(OC)c1)OC(C)=O. The zero-order valence-corrected chi connectivity index (χ0v) is 27.9. The molecule has 2 aromatic rings. The number of allylic oxidation sites excluding steroid dienone is 1. The predicted octanol–water partition coefficient (Wildman–Crippen LogP) is 7.02. The van der Waals surface area contributed by atoms with Crippen LogP contribution in [-0.4, -0.2) is 54.9 Å². The second-order valence-electron chi connectivity index (χ2n) is 13.3. The standard InChI is InChI=1S/C38H51NO7/c1-5-17-39-33-12-8-11-29-37-31(22-36(45-4)38(29)43)30(28-10-7-6-9-25(28)19-32(33)37)21-26(41)20-27(46-23(2)40)15-13-24-14-16-34(42)35(18-24)44-3/h14,16,18-19,22,25,27-28,30,33,39,42-43H,5-13,15,17,20-21H2,1-4H3/t25-,27+,28+,30+,33-/m0/s1. The molecule has 0 saturated heterocycles. The number of carbonyl (C=O) groups is 2. The molecule has 0 aliphatic heterocycles. The van der Waals surface area contributed by atoms with Crippen molar-refractivity contribution in [3.63, 3.8) is 0 Å². The predicted molar refractivity (Wildman–Crippen MR) is 179 cm³/mol. The third-order valence-electron chi connectivity index (χ3n) is 10.3. The number of rotatable bonds is 13. The van der Waals surface area contributed by atoms with E-state index in [4.69, 9.17) is 14.2 Å². The van der Waals surface area contributed by atoms with Crippen molar-refractivity contribution in [2.24, 2.45) is 11.8 Å². The minimum atomic E-state index is -0.555. The van der Waals surface area contributed by atoms with Crippen LogP contribution in [0, 0.1) is 11.8 Å². The molecule has 0 heterocycles. The van der Waals surface area contributed by atoms with Crippen LogP contribution in [0.25, 0.3) is 5.57 Å². The minimum absolute atomic E-state index is 0.0286. The zero-order chi connectivity index (χ0) is 32.8. The molecule has 0 amide bonds. The number of hydrogen-bond donors (Lipinski definition) is 3. The number of carbonyl (C=O) groups excluding carboxylic acids is 2. The molecule has 1 saturated carbocycles. The lowest BCUT2D eigenvalue weighted by atomic mass is 9.69. The van der Waals surface area contributed by atoms with E-state index in [2.05, 4.69) is 18.3 Å². The van der Waals surface area contributed by atoms with Gasteiger partial charge in [-0.25, -0.2) is 0 Å². The molecular formula is C38H51NO7. The second-order valence-corrected chi connectivity index (χ2v) is 13.3. The molecular weight excluding hydrogens is 582 g/mol. The summed E-state index contributed by atoms with van der Waals surface area (Å²) < 4.78 is 16.7. The molecule has 1 fully saturated rings. The number of nitrogens with one attached hydrogen (secondary N) is 1. The number of phenolic OH excluding ortho intramolecular Hbond substituents is 2. The van der Waals surface area contributed by atoms with Gasteiger partial charge in [0.25, 0.3) is 0 Å². The fourth-order valence-corrected chi connectivity index (χ4v) is 8.14. The molecule has 0 aromatic heterocycles. The fourth-order valence-electron chi connectivity index (χ4n) is 8.14. The first-order valence-corrected chi connectivity index (χ1v) is 17.2. The third-order valence-corrected chi connectivity index (χ3v) is 10.3. The fraction of sp³-hybridized carbons (Fsp3) is 0.579. The van der Waals surface area contributed by atoms with Gasteiger partial charge in [0.1, 0.15) is 11.9 Å². The van der Waals surface area contributed by atoms with Crippen LogP contribution in [0.3, 0.4) is 0 Å². The van der Waals surface area contributed by atoms with Crippen LogP contribution in [0.4, 0.5) is 0 Å². The molecule has 0 radical (unpaired) electrons. The number of methoxy groups -OCH3 is 2. The Morgan fingerprint density at radius 2 is 1.80 bits per heavy atom. The van der Waals surface area contributed by atoms with Crippen LogP contribution < -0.4 is 14.8 Å². The second kappa shape index (κ2) is 15.4. The molecule has 2 aromatic carbocycles. The third kappa shape index (κ3) is 7.54. The van der Waals surface area contributed by atoms with Gasteiger partial charge in [0.15, 0.2) is 23.0 Å². The van der Waals surface area contributed by atoms with Gasteiger partial charge < -0.3 is 29.7 Å². The Morgan fingerprint density at radius 3 is 2.54 bits per heavy atom. The molecule has 5 atom stereocenters. The largest absolute Gasteiger partial charge is 0.504 e. The van der Waals surface area contributed by atoms with Crippen molar-refractivity contribution in [3.8, 4) is 23.0 Å².